The third-order valence-corrected chi connectivity index (χ3v) is 6.82. The van der Waals surface area contributed by atoms with Crippen LogP contribution >= 0.6 is 0 Å². The first-order valence-corrected chi connectivity index (χ1v) is 11.3. The van der Waals surface area contributed by atoms with Gasteiger partial charge in [-0.3, -0.25) is 14.8 Å². The molecule has 3 heterocycles. The molecule has 2 fully saturated rings. The number of hydrogen-bond donors (Lipinski definition) is 1. The van der Waals surface area contributed by atoms with Crippen molar-refractivity contribution in [2.24, 2.45) is 10.9 Å². The molecule has 3 aliphatic rings. The highest BCUT2D eigenvalue weighted by Gasteiger charge is 2.30. The number of benzene rings is 1. The van der Waals surface area contributed by atoms with E-state index in [1.54, 1.807) is 0 Å². The molecule has 1 N–H and O–H groups in total. The van der Waals surface area contributed by atoms with Gasteiger partial charge in [-0.15, -0.1) is 0 Å². The van der Waals surface area contributed by atoms with E-state index >= 15 is 0 Å². The second-order valence-electron chi connectivity index (χ2n) is 8.95. The third-order valence-electron chi connectivity index (χ3n) is 6.82. The van der Waals surface area contributed by atoms with Crippen molar-refractivity contribution in [1.82, 2.24) is 20.0 Å². The minimum atomic E-state index is 0.675. The minimum absolute atomic E-state index is 0.675. The molecule has 1 aromatic carbocycles. The molecular formula is C24H37N5. The summed E-state index contributed by atoms with van der Waals surface area (Å²) in [6, 6.07) is 9.67. The fourth-order valence-corrected chi connectivity index (χ4v) is 4.89. The van der Waals surface area contributed by atoms with Crippen LogP contribution in [-0.2, 0) is 6.54 Å². The van der Waals surface area contributed by atoms with E-state index in [0.717, 1.165) is 51.1 Å². The Bertz CT molecular complexity index is 694. The molecule has 5 heteroatoms. The molecular weight excluding hydrogens is 358 g/mol. The summed E-state index contributed by atoms with van der Waals surface area (Å²) in [7, 11) is 1.93. The van der Waals surface area contributed by atoms with Gasteiger partial charge in [0.2, 0.25) is 0 Å². The highest BCUT2D eigenvalue weighted by molar-refractivity contribution is 5.80. The van der Waals surface area contributed by atoms with Gasteiger partial charge in [-0.2, -0.15) is 0 Å². The summed E-state index contributed by atoms with van der Waals surface area (Å²) < 4.78 is 0. The predicted molar refractivity (Wildman–Crippen MR) is 121 cm³/mol. The molecule has 0 radical (unpaired) electrons. The Labute approximate surface area is 176 Å². The van der Waals surface area contributed by atoms with Gasteiger partial charge in [-0.1, -0.05) is 42.0 Å². The molecule has 0 aromatic heterocycles. The molecule has 1 atom stereocenters. The van der Waals surface area contributed by atoms with Crippen LogP contribution in [0.1, 0.15) is 30.4 Å². The van der Waals surface area contributed by atoms with Crippen molar-refractivity contribution >= 4 is 5.96 Å². The maximum absolute atomic E-state index is 4.58. The summed E-state index contributed by atoms with van der Waals surface area (Å²) in [5.74, 6) is 1.85. The van der Waals surface area contributed by atoms with Crippen LogP contribution in [0.15, 0.2) is 41.4 Å². The van der Waals surface area contributed by atoms with Gasteiger partial charge in [0.25, 0.3) is 0 Å². The summed E-state index contributed by atoms with van der Waals surface area (Å²) in [6.45, 7) is 11.2. The Morgan fingerprint density at radius 2 is 1.76 bits per heavy atom. The van der Waals surface area contributed by atoms with Crippen LogP contribution in [0.5, 0.6) is 0 Å². The van der Waals surface area contributed by atoms with Gasteiger partial charge >= 0.3 is 0 Å². The Balaban J connectivity index is 1.18. The summed E-state index contributed by atoms with van der Waals surface area (Å²) in [5.41, 5.74) is 2.78. The first-order valence-electron chi connectivity index (χ1n) is 11.3. The van der Waals surface area contributed by atoms with E-state index in [2.05, 4.69) is 68.4 Å². The number of likely N-dealkylation sites (tertiary alicyclic amines) is 2. The van der Waals surface area contributed by atoms with E-state index in [1.807, 2.05) is 7.05 Å². The Hall–Kier alpha value is -1.85. The predicted octanol–water partition coefficient (Wildman–Crippen LogP) is 2.73. The van der Waals surface area contributed by atoms with Gasteiger partial charge in [-0.05, 0) is 50.8 Å². The Morgan fingerprint density at radius 1 is 1.03 bits per heavy atom. The molecule has 0 saturated carbocycles. The monoisotopic (exact) mass is 395 g/mol. The minimum Gasteiger partial charge on any atom is -0.356 e. The lowest BCUT2D eigenvalue weighted by Gasteiger charge is -2.33. The van der Waals surface area contributed by atoms with Gasteiger partial charge in [-0.25, -0.2) is 0 Å². The number of rotatable bonds is 5. The van der Waals surface area contributed by atoms with Crippen LogP contribution < -0.4 is 5.32 Å². The number of nitrogens with zero attached hydrogens (tertiary/aromatic N) is 4. The van der Waals surface area contributed by atoms with E-state index in [-0.39, 0.29) is 0 Å². The van der Waals surface area contributed by atoms with Crippen LogP contribution in [0.3, 0.4) is 0 Å². The summed E-state index contributed by atoms with van der Waals surface area (Å²) in [5, 5.41) is 3.69. The summed E-state index contributed by atoms with van der Waals surface area (Å²) in [6.07, 6.45) is 8.39. The molecule has 2 saturated heterocycles. The number of hydrogen-bond acceptors (Lipinski definition) is 3. The molecule has 5 nitrogen and oxygen atoms in total. The fourth-order valence-electron chi connectivity index (χ4n) is 4.89. The van der Waals surface area contributed by atoms with Gasteiger partial charge in [0.05, 0.1) is 0 Å². The van der Waals surface area contributed by atoms with Crippen molar-refractivity contribution in [3.05, 3.63) is 47.5 Å². The van der Waals surface area contributed by atoms with Crippen LogP contribution in [0.2, 0.25) is 0 Å². The maximum Gasteiger partial charge on any atom is 0.193 e. The standard InChI is InChI=1S/C24H37N5/c1-20-5-7-22(8-6-20)18-27-14-9-21(10-15-27)17-26-24(25-2)29-16-11-23(19-29)28-12-3-4-13-28/h3-8,21,23H,9-19H2,1-2H3,(H,25,26). The zero-order valence-corrected chi connectivity index (χ0v) is 18.2. The number of guanidine groups is 1. The molecule has 158 valence electrons. The van der Waals surface area contributed by atoms with Crippen molar-refractivity contribution in [2.45, 2.75) is 38.8 Å². The molecule has 0 spiro atoms. The smallest absolute Gasteiger partial charge is 0.193 e. The quantitative estimate of drug-likeness (QED) is 0.472. The molecule has 0 aliphatic carbocycles. The van der Waals surface area contributed by atoms with Crippen molar-refractivity contribution in [3.8, 4) is 0 Å². The maximum atomic E-state index is 4.58. The lowest BCUT2D eigenvalue weighted by Crippen LogP contribution is -2.45. The summed E-state index contributed by atoms with van der Waals surface area (Å²) in [4.78, 5) is 12.2. The van der Waals surface area contributed by atoms with E-state index in [1.165, 1.54) is 43.5 Å². The molecule has 1 aromatic rings. The Morgan fingerprint density at radius 3 is 2.45 bits per heavy atom. The lowest BCUT2D eigenvalue weighted by atomic mass is 9.96. The number of piperidine rings is 1. The number of aryl methyl sites for hydroxylation is 1. The first kappa shape index (κ1) is 20.4. The van der Waals surface area contributed by atoms with Crippen LogP contribution in [0, 0.1) is 12.8 Å². The average Bonchev–Trinajstić information content (AvgIpc) is 3.43. The molecule has 29 heavy (non-hydrogen) atoms. The largest absolute Gasteiger partial charge is 0.356 e. The third kappa shape index (κ3) is 5.40. The average molecular weight is 396 g/mol. The molecule has 0 amide bonds. The van der Waals surface area contributed by atoms with Crippen molar-refractivity contribution in [1.29, 1.82) is 0 Å². The van der Waals surface area contributed by atoms with E-state index < -0.39 is 0 Å². The molecule has 0 bridgehead atoms. The van der Waals surface area contributed by atoms with Crippen LogP contribution in [0.25, 0.3) is 0 Å². The van der Waals surface area contributed by atoms with E-state index in [9.17, 15) is 0 Å². The zero-order chi connectivity index (χ0) is 20.1. The fraction of sp³-hybridized carbons (Fsp3) is 0.625. The Kier molecular flexibility index (Phi) is 6.88. The number of nitrogens with one attached hydrogen (secondary N) is 1. The van der Waals surface area contributed by atoms with E-state index in [4.69, 9.17) is 0 Å². The van der Waals surface area contributed by atoms with Gasteiger partial charge in [0, 0.05) is 52.4 Å². The molecule has 1 unspecified atom stereocenters. The normalized spacial score (nSPS) is 24.6. The summed E-state index contributed by atoms with van der Waals surface area (Å²) >= 11 is 0. The topological polar surface area (TPSA) is 34.1 Å². The van der Waals surface area contributed by atoms with Gasteiger partial charge < -0.3 is 10.2 Å². The van der Waals surface area contributed by atoms with Crippen molar-refractivity contribution < 1.29 is 0 Å². The first-order chi connectivity index (χ1) is 14.2. The second kappa shape index (κ2) is 9.77. The van der Waals surface area contributed by atoms with Crippen LogP contribution in [0.4, 0.5) is 0 Å². The number of aliphatic imine (C=N–C) groups is 1. The van der Waals surface area contributed by atoms with E-state index in [0.29, 0.717) is 6.04 Å². The SMILES string of the molecule is CN=C(NCC1CCN(Cc2ccc(C)cc2)CC1)N1CCC(N2CC=CC2)C1. The second-order valence-corrected chi connectivity index (χ2v) is 8.95. The molecule has 4 rings (SSSR count). The highest BCUT2D eigenvalue weighted by Crippen LogP contribution is 2.20. The van der Waals surface area contributed by atoms with Crippen LogP contribution in [-0.4, -0.2) is 79.6 Å². The van der Waals surface area contributed by atoms with Gasteiger partial charge in [0.1, 0.15) is 0 Å². The lowest BCUT2D eigenvalue weighted by molar-refractivity contribution is 0.177. The zero-order valence-electron chi connectivity index (χ0n) is 18.2. The van der Waals surface area contributed by atoms with Crippen molar-refractivity contribution in [3.63, 3.8) is 0 Å². The highest BCUT2D eigenvalue weighted by atomic mass is 15.3. The van der Waals surface area contributed by atoms with Crippen molar-refractivity contribution in [2.75, 3.05) is 52.9 Å². The van der Waals surface area contributed by atoms with Gasteiger partial charge in [0.15, 0.2) is 5.96 Å². The molecule has 3 aliphatic heterocycles.